The van der Waals surface area contributed by atoms with Crippen LogP contribution >= 0.6 is 12.2 Å². The van der Waals surface area contributed by atoms with Crippen LogP contribution in [0.2, 0.25) is 0 Å². The molecule has 12 heavy (non-hydrogen) atoms. The van der Waals surface area contributed by atoms with E-state index >= 15 is 0 Å². The fourth-order valence-corrected chi connectivity index (χ4v) is 0.900. The lowest BCUT2D eigenvalue weighted by Gasteiger charge is -2.05. The van der Waals surface area contributed by atoms with Crippen molar-refractivity contribution < 1.29 is 4.74 Å². The lowest BCUT2D eigenvalue weighted by atomic mass is 10.2. The summed E-state index contributed by atoms with van der Waals surface area (Å²) in [5.41, 5.74) is 0.848. The van der Waals surface area contributed by atoms with Gasteiger partial charge >= 0.3 is 0 Å². The van der Waals surface area contributed by atoms with Crippen LogP contribution in [0.1, 0.15) is 39.5 Å². The second-order valence-corrected chi connectivity index (χ2v) is 3.35. The maximum absolute atomic E-state index is 5.28. The van der Waals surface area contributed by atoms with Crippen LogP contribution in [0.25, 0.3) is 0 Å². The molecule has 0 fully saturated rings. The van der Waals surface area contributed by atoms with Gasteiger partial charge in [-0.1, -0.05) is 32.8 Å². The molecule has 0 amide bonds. The van der Waals surface area contributed by atoms with E-state index < -0.39 is 0 Å². The summed E-state index contributed by atoms with van der Waals surface area (Å²) < 4.78 is 5.28. The van der Waals surface area contributed by atoms with Gasteiger partial charge in [0.1, 0.15) is 0 Å². The Balaban J connectivity index is 3.20. The summed E-state index contributed by atoms with van der Waals surface area (Å²) >= 11 is 4.93. The molecule has 0 spiro atoms. The zero-order chi connectivity index (χ0) is 9.40. The quantitative estimate of drug-likeness (QED) is 0.357. The van der Waals surface area contributed by atoms with Crippen LogP contribution in [0.3, 0.4) is 0 Å². The third-order valence-electron chi connectivity index (χ3n) is 1.58. The Bertz CT molecular complexity index is 152. The standard InChI is InChI=1S/C10H18OS/c1-4-5-6-7-8-11-10(12)9(2)3/h2,4-8H2,1,3H3. The normalized spacial score (nSPS) is 9.50. The van der Waals surface area contributed by atoms with Gasteiger partial charge in [-0.05, 0) is 31.1 Å². The van der Waals surface area contributed by atoms with Crippen molar-refractivity contribution in [3.8, 4) is 0 Å². The molecule has 0 saturated carbocycles. The van der Waals surface area contributed by atoms with Crippen LogP contribution in [-0.2, 0) is 4.74 Å². The summed E-state index contributed by atoms with van der Waals surface area (Å²) in [4.78, 5) is 0. The van der Waals surface area contributed by atoms with Gasteiger partial charge in [-0.3, -0.25) is 0 Å². The summed E-state index contributed by atoms with van der Waals surface area (Å²) in [6.07, 6.45) is 4.87. The van der Waals surface area contributed by atoms with Crippen LogP contribution in [-0.4, -0.2) is 11.7 Å². The van der Waals surface area contributed by atoms with Gasteiger partial charge < -0.3 is 4.74 Å². The number of thiocarbonyl (C=S) groups is 1. The molecule has 0 rings (SSSR count). The zero-order valence-electron chi connectivity index (χ0n) is 8.06. The van der Waals surface area contributed by atoms with Crippen molar-refractivity contribution in [2.24, 2.45) is 0 Å². The maximum Gasteiger partial charge on any atom is 0.186 e. The van der Waals surface area contributed by atoms with E-state index in [9.17, 15) is 0 Å². The Morgan fingerprint density at radius 2 is 2.00 bits per heavy atom. The molecule has 0 bridgehead atoms. The van der Waals surface area contributed by atoms with Gasteiger partial charge in [-0.15, -0.1) is 0 Å². The van der Waals surface area contributed by atoms with Crippen LogP contribution < -0.4 is 0 Å². The van der Waals surface area contributed by atoms with E-state index in [-0.39, 0.29) is 0 Å². The summed E-state index contributed by atoms with van der Waals surface area (Å²) in [6, 6.07) is 0. The Kier molecular flexibility index (Phi) is 7.06. The van der Waals surface area contributed by atoms with Gasteiger partial charge in [0.15, 0.2) is 5.05 Å². The monoisotopic (exact) mass is 186 g/mol. The van der Waals surface area contributed by atoms with E-state index in [1.54, 1.807) is 0 Å². The molecule has 0 N–H and O–H groups in total. The summed E-state index contributed by atoms with van der Waals surface area (Å²) in [6.45, 7) is 8.51. The van der Waals surface area contributed by atoms with Crippen molar-refractivity contribution >= 4 is 17.3 Å². The van der Waals surface area contributed by atoms with Crippen LogP contribution in [0.15, 0.2) is 12.2 Å². The predicted molar refractivity (Wildman–Crippen MR) is 57.5 cm³/mol. The van der Waals surface area contributed by atoms with Crippen LogP contribution in [0, 0.1) is 0 Å². The SMILES string of the molecule is C=C(C)C(=S)OCCCCCC. The molecule has 0 unspecified atom stereocenters. The number of unbranched alkanes of at least 4 members (excludes halogenated alkanes) is 3. The maximum atomic E-state index is 5.28. The summed E-state index contributed by atoms with van der Waals surface area (Å²) in [5, 5.41) is 0.562. The van der Waals surface area contributed by atoms with Gasteiger partial charge in [-0.25, -0.2) is 0 Å². The topological polar surface area (TPSA) is 9.23 Å². The van der Waals surface area contributed by atoms with E-state index in [0.29, 0.717) is 5.05 Å². The zero-order valence-corrected chi connectivity index (χ0v) is 8.88. The van der Waals surface area contributed by atoms with E-state index in [0.717, 1.165) is 18.6 Å². The molecular weight excluding hydrogens is 168 g/mol. The second kappa shape index (κ2) is 7.29. The summed E-state index contributed by atoms with van der Waals surface area (Å²) in [5.74, 6) is 0. The lowest BCUT2D eigenvalue weighted by Crippen LogP contribution is -2.03. The predicted octanol–water partition coefficient (Wildman–Crippen LogP) is 3.49. The molecule has 0 aliphatic rings. The molecule has 0 aliphatic carbocycles. The molecular formula is C10H18OS. The Morgan fingerprint density at radius 3 is 2.50 bits per heavy atom. The van der Waals surface area contributed by atoms with Gasteiger partial charge in [0.25, 0.3) is 0 Å². The van der Waals surface area contributed by atoms with Crippen molar-refractivity contribution in [2.45, 2.75) is 39.5 Å². The van der Waals surface area contributed by atoms with Gasteiger partial charge in [0, 0.05) is 0 Å². The smallest absolute Gasteiger partial charge is 0.186 e. The minimum absolute atomic E-state index is 0.562. The summed E-state index contributed by atoms with van der Waals surface area (Å²) in [7, 11) is 0. The largest absolute Gasteiger partial charge is 0.483 e. The van der Waals surface area contributed by atoms with E-state index in [2.05, 4.69) is 13.5 Å². The van der Waals surface area contributed by atoms with Crippen molar-refractivity contribution in [1.82, 2.24) is 0 Å². The fourth-order valence-electron chi connectivity index (χ4n) is 0.817. The first-order chi connectivity index (χ1) is 5.68. The van der Waals surface area contributed by atoms with E-state index in [4.69, 9.17) is 17.0 Å². The minimum Gasteiger partial charge on any atom is -0.483 e. The Labute approximate surface area is 80.8 Å². The number of rotatable bonds is 6. The Hall–Kier alpha value is -0.370. The molecule has 0 aromatic rings. The van der Waals surface area contributed by atoms with Crippen LogP contribution in [0.5, 0.6) is 0 Å². The molecule has 0 heterocycles. The molecule has 2 heteroatoms. The molecule has 70 valence electrons. The van der Waals surface area contributed by atoms with Gasteiger partial charge in [0.2, 0.25) is 0 Å². The Morgan fingerprint density at radius 1 is 1.33 bits per heavy atom. The van der Waals surface area contributed by atoms with Crippen molar-refractivity contribution in [3.05, 3.63) is 12.2 Å². The first-order valence-electron chi connectivity index (χ1n) is 4.51. The average molecular weight is 186 g/mol. The van der Waals surface area contributed by atoms with Crippen molar-refractivity contribution in [2.75, 3.05) is 6.61 Å². The molecule has 0 radical (unpaired) electrons. The van der Waals surface area contributed by atoms with Gasteiger partial charge in [0.05, 0.1) is 6.61 Å². The molecule has 0 aliphatic heterocycles. The number of hydrogen-bond donors (Lipinski definition) is 0. The fraction of sp³-hybridized carbons (Fsp3) is 0.700. The highest BCUT2D eigenvalue weighted by atomic mass is 32.1. The minimum atomic E-state index is 0.562. The number of hydrogen-bond acceptors (Lipinski definition) is 2. The molecule has 0 aromatic heterocycles. The first-order valence-corrected chi connectivity index (χ1v) is 4.92. The number of ether oxygens (including phenoxy) is 1. The second-order valence-electron chi connectivity index (χ2n) is 2.98. The average Bonchev–Trinajstić information content (AvgIpc) is 2.03. The lowest BCUT2D eigenvalue weighted by molar-refractivity contribution is 0.300. The van der Waals surface area contributed by atoms with Gasteiger partial charge in [-0.2, -0.15) is 0 Å². The van der Waals surface area contributed by atoms with E-state index in [1.807, 2.05) is 6.92 Å². The highest BCUT2D eigenvalue weighted by molar-refractivity contribution is 7.80. The third kappa shape index (κ3) is 6.35. The van der Waals surface area contributed by atoms with E-state index in [1.165, 1.54) is 19.3 Å². The highest BCUT2D eigenvalue weighted by Crippen LogP contribution is 2.01. The molecule has 1 nitrogen and oxygen atoms in total. The van der Waals surface area contributed by atoms with Crippen molar-refractivity contribution in [3.63, 3.8) is 0 Å². The van der Waals surface area contributed by atoms with Crippen LogP contribution in [0.4, 0.5) is 0 Å². The highest BCUT2D eigenvalue weighted by Gasteiger charge is 1.96. The molecule has 0 saturated heterocycles. The third-order valence-corrected chi connectivity index (χ3v) is 2.05. The molecule has 0 aromatic carbocycles. The first kappa shape index (κ1) is 11.6. The molecule has 0 atom stereocenters. The van der Waals surface area contributed by atoms with Crippen molar-refractivity contribution in [1.29, 1.82) is 0 Å².